The Morgan fingerprint density at radius 3 is 2.69 bits per heavy atom. The summed E-state index contributed by atoms with van der Waals surface area (Å²) in [6.45, 7) is 2.84. The maximum Gasteiger partial charge on any atom is 0.128 e. The van der Waals surface area contributed by atoms with E-state index < -0.39 is 0 Å². The summed E-state index contributed by atoms with van der Waals surface area (Å²) in [7, 11) is 0. The third-order valence-electron chi connectivity index (χ3n) is 6.27. The van der Waals surface area contributed by atoms with Gasteiger partial charge < -0.3 is 4.74 Å². The molecule has 2 aromatic heterocycles. The summed E-state index contributed by atoms with van der Waals surface area (Å²) in [5.74, 6) is 0.960. The predicted molar refractivity (Wildman–Crippen MR) is 121 cm³/mol. The quantitative estimate of drug-likeness (QED) is 0.354. The van der Waals surface area contributed by atoms with Gasteiger partial charge in [-0.2, -0.15) is 0 Å². The topological polar surface area (TPSA) is 22.1 Å². The highest BCUT2D eigenvalue weighted by Gasteiger charge is 2.27. The Kier molecular flexibility index (Phi) is 3.98. The molecule has 0 spiro atoms. The smallest absolute Gasteiger partial charge is 0.128 e. The molecule has 0 fully saturated rings. The van der Waals surface area contributed by atoms with Crippen LogP contribution < -0.4 is 4.74 Å². The highest BCUT2D eigenvalue weighted by molar-refractivity contribution is 7.19. The van der Waals surface area contributed by atoms with Gasteiger partial charge in [-0.3, -0.25) is 0 Å². The molecule has 2 nitrogen and oxygen atoms in total. The van der Waals surface area contributed by atoms with E-state index in [0.717, 1.165) is 23.4 Å². The average Bonchev–Trinajstić information content (AvgIpc) is 3.03. The predicted octanol–water partition coefficient (Wildman–Crippen LogP) is 6.75. The van der Waals surface area contributed by atoms with Crippen molar-refractivity contribution < 1.29 is 4.74 Å². The zero-order valence-corrected chi connectivity index (χ0v) is 17.4. The van der Waals surface area contributed by atoms with Crippen molar-refractivity contribution in [1.82, 2.24) is 4.98 Å². The van der Waals surface area contributed by atoms with Crippen molar-refractivity contribution in [3.05, 3.63) is 70.1 Å². The fourth-order valence-electron chi connectivity index (χ4n) is 4.93. The first-order valence-electron chi connectivity index (χ1n) is 10.6. The number of rotatable bonds is 1. The van der Waals surface area contributed by atoms with Crippen LogP contribution in [-0.2, 0) is 19.3 Å². The Labute approximate surface area is 175 Å². The second kappa shape index (κ2) is 6.70. The summed E-state index contributed by atoms with van der Waals surface area (Å²) < 4.78 is 6.16. The second-order valence-electron chi connectivity index (χ2n) is 8.17. The van der Waals surface area contributed by atoms with Gasteiger partial charge in [-0.15, -0.1) is 11.3 Å². The highest BCUT2D eigenvalue weighted by atomic mass is 32.1. The van der Waals surface area contributed by atoms with Gasteiger partial charge in [0.1, 0.15) is 10.6 Å². The average molecular weight is 398 g/mol. The number of nitrogens with zero attached hydrogens (tertiary/aromatic N) is 1. The Morgan fingerprint density at radius 2 is 1.79 bits per heavy atom. The molecule has 4 aromatic rings. The zero-order chi connectivity index (χ0) is 19.4. The lowest BCUT2D eigenvalue weighted by Gasteiger charge is -2.17. The maximum absolute atomic E-state index is 6.16. The summed E-state index contributed by atoms with van der Waals surface area (Å²) in [6, 6.07) is 17.4. The molecule has 0 amide bonds. The molecule has 0 bridgehead atoms. The Balaban J connectivity index is 1.76. The second-order valence-corrected chi connectivity index (χ2v) is 9.25. The lowest BCUT2D eigenvalue weighted by Crippen LogP contribution is -2.03. The van der Waals surface area contributed by atoms with E-state index in [-0.39, 0.29) is 0 Å². The van der Waals surface area contributed by atoms with Gasteiger partial charge in [-0.25, -0.2) is 4.98 Å². The minimum absolute atomic E-state index is 0.697. The molecule has 0 N–H and O–H groups in total. The van der Waals surface area contributed by atoms with Crippen LogP contribution in [0.15, 0.2) is 48.5 Å². The number of aromatic nitrogens is 1. The number of fused-ring (bicyclic) bond motifs is 6. The molecule has 3 heterocycles. The van der Waals surface area contributed by atoms with Gasteiger partial charge in [-0.05, 0) is 67.0 Å². The van der Waals surface area contributed by atoms with Crippen molar-refractivity contribution in [2.24, 2.45) is 0 Å². The molecule has 144 valence electrons. The van der Waals surface area contributed by atoms with Crippen molar-refractivity contribution >= 4 is 21.6 Å². The SMILES string of the molecule is Cc1ccc2c(c1)-c1nc3sc4c(c3c(-c3ccccc3)c1CCO2)CCCC4. The fourth-order valence-corrected chi connectivity index (χ4v) is 6.21. The first kappa shape index (κ1) is 17.2. The lowest BCUT2D eigenvalue weighted by molar-refractivity contribution is 0.326. The number of thiophene rings is 1. The zero-order valence-electron chi connectivity index (χ0n) is 16.6. The Morgan fingerprint density at radius 1 is 0.931 bits per heavy atom. The number of benzene rings is 2. The number of aryl methyl sites for hydroxylation is 3. The molecule has 2 aliphatic rings. The van der Waals surface area contributed by atoms with Crippen LogP contribution in [0.3, 0.4) is 0 Å². The van der Waals surface area contributed by atoms with Crippen LogP contribution >= 0.6 is 11.3 Å². The minimum atomic E-state index is 0.697. The number of ether oxygens (including phenoxy) is 1. The van der Waals surface area contributed by atoms with Crippen LogP contribution in [0.2, 0.25) is 0 Å². The van der Waals surface area contributed by atoms with E-state index in [2.05, 4.69) is 55.5 Å². The van der Waals surface area contributed by atoms with Gasteiger partial charge in [0.25, 0.3) is 0 Å². The molecule has 0 radical (unpaired) electrons. The molecule has 3 heteroatoms. The van der Waals surface area contributed by atoms with Crippen LogP contribution in [0.5, 0.6) is 5.75 Å². The summed E-state index contributed by atoms with van der Waals surface area (Å²) in [4.78, 5) is 8.04. The van der Waals surface area contributed by atoms with Gasteiger partial charge >= 0.3 is 0 Å². The van der Waals surface area contributed by atoms with Gasteiger partial charge in [-0.1, -0.05) is 42.0 Å². The molecule has 0 atom stereocenters. The standard InChI is InChI=1S/C26H23NOS/c1-16-11-12-21-20(15-16)25-19(13-14-28-21)23(17-7-3-2-4-8-17)24-18-9-5-6-10-22(18)29-26(24)27-25/h2-4,7-8,11-12,15H,5-6,9-10,13-14H2,1H3. The van der Waals surface area contributed by atoms with E-state index in [0.29, 0.717) is 6.61 Å². The van der Waals surface area contributed by atoms with Gasteiger partial charge in [0.05, 0.1) is 12.3 Å². The molecule has 29 heavy (non-hydrogen) atoms. The summed E-state index contributed by atoms with van der Waals surface area (Å²) in [6.07, 6.45) is 5.86. The van der Waals surface area contributed by atoms with Crippen LogP contribution in [0.1, 0.15) is 34.4 Å². The van der Waals surface area contributed by atoms with Crippen molar-refractivity contribution in [3.63, 3.8) is 0 Å². The monoisotopic (exact) mass is 397 g/mol. The molecule has 2 aromatic carbocycles. The first-order chi connectivity index (χ1) is 14.3. The van der Waals surface area contributed by atoms with Crippen molar-refractivity contribution in [2.75, 3.05) is 6.61 Å². The van der Waals surface area contributed by atoms with Crippen LogP contribution in [-0.4, -0.2) is 11.6 Å². The van der Waals surface area contributed by atoms with Crippen molar-refractivity contribution in [2.45, 2.75) is 39.0 Å². The Bertz CT molecular complexity index is 1240. The van der Waals surface area contributed by atoms with Gasteiger partial charge in [0.15, 0.2) is 0 Å². The van der Waals surface area contributed by atoms with E-state index in [1.807, 2.05) is 11.3 Å². The third kappa shape index (κ3) is 2.71. The largest absolute Gasteiger partial charge is 0.493 e. The van der Waals surface area contributed by atoms with Crippen LogP contribution in [0.25, 0.3) is 32.6 Å². The number of hydrogen-bond donors (Lipinski definition) is 0. The third-order valence-corrected chi connectivity index (χ3v) is 7.45. The van der Waals surface area contributed by atoms with Crippen LogP contribution in [0, 0.1) is 6.92 Å². The van der Waals surface area contributed by atoms with Crippen molar-refractivity contribution in [3.8, 4) is 28.1 Å². The molecule has 1 aliphatic carbocycles. The Hall–Kier alpha value is -2.65. The van der Waals surface area contributed by atoms with E-state index >= 15 is 0 Å². The van der Waals surface area contributed by atoms with E-state index in [4.69, 9.17) is 9.72 Å². The van der Waals surface area contributed by atoms with E-state index in [9.17, 15) is 0 Å². The number of hydrogen-bond acceptors (Lipinski definition) is 3. The molecular formula is C26H23NOS. The molecule has 6 rings (SSSR count). The maximum atomic E-state index is 6.16. The van der Waals surface area contributed by atoms with Crippen LogP contribution in [0.4, 0.5) is 0 Å². The van der Waals surface area contributed by atoms with Gasteiger partial charge in [0.2, 0.25) is 0 Å². The molecule has 0 saturated carbocycles. The molecule has 0 saturated heterocycles. The summed E-state index contributed by atoms with van der Waals surface area (Å²) in [5, 5.41) is 1.41. The summed E-state index contributed by atoms with van der Waals surface area (Å²) >= 11 is 1.92. The molecule has 1 aliphatic heterocycles. The first-order valence-corrected chi connectivity index (χ1v) is 11.4. The van der Waals surface area contributed by atoms with Crippen molar-refractivity contribution in [1.29, 1.82) is 0 Å². The van der Waals surface area contributed by atoms with E-state index in [1.54, 1.807) is 10.4 Å². The molecular weight excluding hydrogens is 374 g/mol. The fraction of sp³-hybridized carbons (Fsp3) is 0.269. The lowest BCUT2D eigenvalue weighted by atomic mass is 9.88. The number of pyridine rings is 1. The van der Waals surface area contributed by atoms with E-state index in [1.165, 1.54) is 58.2 Å². The molecule has 0 unspecified atom stereocenters. The van der Waals surface area contributed by atoms with Gasteiger partial charge in [0, 0.05) is 22.2 Å². The normalized spacial score (nSPS) is 15.2. The summed E-state index contributed by atoms with van der Waals surface area (Å²) in [5.41, 5.74) is 9.10. The highest BCUT2D eigenvalue weighted by Crippen LogP contribution is 2.47. The minimum Gasteiger partial charge on any atom is -0.493 e.